The molecule has 5 heteroatoms. The molecule has 1 amide bonds. The first kappa shape index (κ1) is 12.5. The largest absolute Gasteiger partial charge is 0.370 e. The number of nitrogens with zero attached hydrogens (tertiary/aromatic N) is 2. The molecule has 0 spiro atoms. The number of aryl methyl sites for hydroxylation is 2. The van der Waals surface area contributed by atoms with Crippen molar-refractivity contribution in [2.45, 2.75) is 39.2 Å². The summed E-state index contributed by atoms with van der Waals surface area (Å²) < 4.78 is 1.79. The van der Waals surface area contributed by atoms with Crippen LogP contribution in [0.5, 0.6) is 0 Å². The lowest BCUT2D eigenvalue weighted by molar-refractivity contribution is -0.118. The molecule has 0 aliphatic carbocycles. The van der Waals surface area contributed by atoms with Crippen molar-refractivity contribution >= 4 is 11.7 Å². The molecule has 16 heavy (non-hydrogen) atoms. The Hall–Kier alpha value is -1.52. The molecule has 0 aliphatic heterocycles. The van der Waals surface area contributed by atoms with Gasteiger partial charge in [-0.15, -0.1) is 0 Å². The molecule has 3 N–H and O–H groups in total. The van der Waals surface area contributed by atoms with Gasteiger partial charge in [-0.05, 0) is 13.3 Å². The minimum atomic E-state index is -0.295. The zero-order chi connectivity index (χ0) is 12.1. The number of hydrogen-bond acceptors (Lipinski definition) is 3. The average Bonchev–Trinajstić information content (AvgIpc) is 2.46. The Bertz CT molecular complexity index is 359. The fourth-order valence-corrected chi connectivity index (χ4v) is 1.65. The van der Waals surface area contributed by atoms with Gasteiger partial charge in [0.1, 0.15) is 5.82 Å². The van der Waals surface area contributed by atoms with E-state index in [-0.39, 0.29) is 11.9 Å². The second-order valence-electron chi connectivity index (χ2n) is 4.11. The number of primary amides is 1. The molecule has 1 unspecified atom stereocenters. The predicted molar refractivity (Wildman–Crippen MR) is 64.1 cm³/mol. The molecule has 0 aromatic carbocycles. The van der Waals surface area contributed by atoms with Crippen LogP contribution < -0.4 is 11.1 Å². The molecular formula is C11H20N4O. The number of hydrogen-bond donors (Lipinski definition) is 2. The van der Waals surface area contributed by atoms with Gasteiger partial charge in [-0.1, -0.05) is 13.3 Å². The van der Waals surface area contributed by atoms with Crippen LogP contribution in [-0.4, -0.2) is 21.7 Å². The lowest BCUT2D eigenvalue weighted by Gasteiger charge is -2.12. The number of anilines is 1. The van der Waals surface area contributed by atoms with Gasteiger partial charge in [0.25, 0.3) is 0 Å². The van der Waals surface area contributed by atoms with Gasteiger partial charge < -0.3 is 11.1 Å². The number of nitrogens with two attached hydrogens (primary N) is 1. The van der Waals surface area contributed by atoms with Gasteiger partial charge in [-0.3, -0.25) is 9.48 Å². The molecule has 90 valence electrons. The minimum Gasteiger partial charge on any atom is -0.370 e. The number of amides is 1. The van der Waals surface area contributed by atoms with Gasteiger partial charge in [0, 0.05) is 25.6 Å². The summed E-state index contributed by atoms with van der Waals surface area (Å²) >= 11 is 0. The quantitative estimate of drug-likeness (QED) is 0.758. The standard InChI is InChI=1S/C11H20N4O/c1-4-5-9-7-11(15(3)14-9)13-8(2)6-10(12)16/h7-8,13H,4-6H2,1-3H3,(H2,12,16). The molecule has 0 saturated heterocycles. The summed E-state index contributed by atoms with van der Waals surface area (Å²) in [7, 11) is 1.89. The van der Waals surface area contributed by atoms with E-state index >= 15 is 0 Å². The Labute approximate surface area is 96.0 Å². The van der Waals surface area contributed by atoms with Crippen LogP contribution in [0.3, 0.4) is 0 Å². The van der Waals surface area contributed by atoms with Crippen LogP contribution in [0.4, 0.5) is 5.82 Å². The molecular weight excluding hydrogens is 204 g/mol. The molecule has 0 bridgehead atoms. The number of nitrogens with one attached hydrogen (secondary N) is 1. The second-order valence-corrected chi connectivity index (χ2v) is 4.11. The van der Waals surface area contributed by atoms with E-state index < -0.39 is 0 Å². The van der Waals surface area contributed by atoms with Gasteiger partial charge in [-0.2, -0.15) is 5.10 Å². The van der Waals surface area contributed by atoms with Crippen LogP contribution in [0.15, 0.2) is 6.07 Å². The zero-order valence-electron chi connectivity index (χ0n) is 10.2. The van der Waals surface area contributed by atoms with E-state index in [9.17, 15) is 4.79 Å². The van der Waals surface area contributed by atoms with Gasteiger partial charge in [-0.25, -0.2) is 0 Å². The van der Waals surface area contributed by atoms with Crippen molar-refractivity contribution in [1.82, 2.24) is 9.78 Å². The van der Waals surface area contributed by atoms with E-state index in [1.165, 1.54) is 0 Å². The highest BCUT2D eigenvalue weighted by Crippen LogP contribution is 2.12. The summed E-state index contributed by atoms with van der Waals surface area (Å²) in [4.78, 5) is 10.8. The third-order valence-corrected chi connectivity index (χ3v) is 2.34. The maximum Gasteiger partial charge on any atom is 0.219 e. The molecule has 1 aromatic heterocycles. The Morgan fingerprint density at radius 1 is 1.69 bits per heavy atom. The van der Waals surface area contributed by atoms with Crippen LogP contribution in [0.2, 0.25) is 0 Å². The third kappa shape index (κ3) is 3.56. The van der Waals surface area contributed by atoms with Crippen LogP contribution in [-0.2, 0) is 18.3 Å². The molecule has 0 saturated carbocycles. The Kier molecular flexibility index (Phi) is 4.34. The molecule has 0 radical (unpaired) electrons. The van der Waals surface area contributed by atoms with Crippen molar-refractivity contribution in [3.63, 3.8) is 0 Å². The molecule has 1 aromatic rings. The molecule has 0 aliphatic rings. The van der Waals surface area contributed by atoms with E-state index in [0.29, 0.717) is 6.42 Å². The maximum atomic E-state index is 10.8. The molecule has 1 rings (SSSR count). The Balaban J connectivity index is 2.62. The topological polar surface area (TPSA) is 72.9 Å². The summed E-state index contributed by atoms with van der Waals surface area (Å²) in [5, 5.41) is 7.59. The van der Waals surface area contributed by atoms with Crippen LogP contribution >= 0.6 is 0 Å². The number of aromatic nitrogens is 2. The molecule has 5 nitrogen and oxygen atoms in total. The summed E-state index contributed by atoms with van der Waals surface area (Å²) in [6.07, 6.45) is 2.38. The van der Waals surface area contributed by atoms with Gasteiger partial charge in [0.2, 0.25) is 5.91 Å². The van der Waals surface area contributed by atoms with E-state index in [4.69, 9.17) is 5.73 Å². The van der Waals surface area contributed by atoms with Crippen molar-refractivity contribution in [3.05, 3.63) is 11.8 Å². The van der Waals surface area contributed by atoms with Crippen molar-refractivity contribution in [3.8, 4) is 0 Å². The van der Waals surface area contributed by atoms with Crippen molar-refractivity contribution in [1.29, 1.82) is 0 Å². The second kappa shape index (κ2) is 5.53. The van der Waals surface area contributed by atoms with Gasteiger partial charge in [0.05, 0.1) is 5.69 Å². The zero-order valence-corrected chi connectivity index (χ0v) is 10.2. The first-order chi connectivity index (χ1) is 7.52. The van der Waals surface area contributed by atoms with E-state index in [0.717, 1.165) is 24.4 Å². The van der Waals surface area contributed by atoms with Crippen molar-refractivity contribution in [2.75, 3.05) is 5.32 Å². The fraction of sp³-hybridized carbons (Fsp3) is 0.636. The number of carbonyl (C=O) groups is 1. The smallest absolute Gasteiger partial charge is 0.219 e. The van der Waals surface area contributed by atoms with Gasteiger partial charge in [0.15, 0.2) is 0 Å². The molecule has 0 fully saturated rings. The first-order valence-corrected chi connectivity index (χ1v) is 5.60. The lowest BCUT2D eigenvalue weighted by atomic mass is 10.2. The summed E-state index contributed by atoms with van der Waals surface area (Å²) in [5.41, 5.74) is 6.20. The molecule has 1 heterocycles. The van der Waals surface area contributed by atoms with Gasteiger partial charge >= 0.3 is 0 Å². The fourth-order valence-electron chi connectivity index (χ4n) is 1.65. The lowest BCUT2D eigenvalue weighted by Crippen LogP contribution is -2.24. The highest BCUT2D eigenvalue weighted by Gasteiger charge is 2.09. The Morgan fingerprint density at radius 2 is 2.38 bits per heavy atom. The average molecular weight is 224 g/mol. The third-order valence-electron chi connectivity index (χ3n) is 2.34. The number of rotatable bonds is 6. The van der Waals surface area contributed by atoms with Crippen molar-refractivity contribution < 1.29 is 4.79 Å². The van der Waals surface area contributed by atoms with Crippen LogP contribution in [0.1, 0.15) is 32.4 Å². The first-order valence-electron chi connectivity index (χ1n) is 5.60. The SMILES string of the molecule is CCCc1cc(NC(C)CC(N)=O)n(C)n1. The highest BCUT2D eigenvalue weighted by molar-refractivity contribution is 5.74. The summed E-state index contributed by atoms with van der Waals surface area (Å²) in [5.74, 6) is 0.633. The molecule has 1 atom stereocenters. The summed E-state index contributed by atoms with van der Waals surface area (Å²) in [6, 6.07) is 2.04. The highest BCUT2D eigenvalue weighted by atomic mass is 16.1. The monoisotopic (exact) mass is 224 g/mol. The van der Waals surface area contributed by atoms with E-state index in [1.807, 2.05) is 20.0 Å². The predicted octanol–water partition coefficient (Wildman–Crippen LogP) is 1.05. The van der Waals surface area contributed by atoms with Crippen LogP contribution in [0.25, 0.3) is 0 Å². The van der Waals surface area contributed by atoms with Crippen molar-refractivity contribution in [2.24, 2.45) is 12.8 Å². The maximum absolute atomic E-state index is 10.8. The normalized spacial score (nSPS) is 12.4. The minimum absolute atomic E-state index is 0.0300. The Morgan fingerprint density at radius 3 is 2.94 bits per heavy atom. The number of carbonyl (C=O) groups excluding carboxylic acids is 1. The van der Waals surface area contributed by atoms with Crippen LogP contribution in [0, 0.1) is 0 Å². The van der Waals surface area contributed by atoms with E-state index in [2.05, 4.69) is 17.3 Å². The summed E-state index contributed by atoms with van der Waals surface area (Å²) in [6.45, 7) is 4.05. The van der Waals surface area contributed by atoms with E-state index in [1.54, 1.807) is 4.68 Å².